The van der Waals surface area contributed by atoms with Crippen LogP contribution in [0.4, 0.5) is 0 Å². The van der Waals surface area contributed by atoms with Gasteiger partial charge in [-0.1, -0.05) is 34.6 Å². The van der Waals surface area contributed by atoms with Gasteiger partial charge >= 0.3 is 0 Å². The van der Waals surface area contributed by atoms with Gasteiger partial charge in [-0.2, -0.15) is 0 Å². The zero-order chi connectivity index (χ0) is 18.5. The van der Waals surface area contributed by atoms with E-state index in [0.717, 1.165) is 24.2 Å². The molecule has 0 bridgehead atoms. The minimum absolute atomic E-state index is 0.0549. The van der Waals surface area contributed by atoms with E-state index in [-0.39, 0.29) is 16.5 Å². The van der Waals surface area contributed by atoms with Crippen LogP contribution in [-0.2, 0) is 11.3 Å². The third-order valence-electron chi connectivity index (χ3n) is 4.59. The monoisotopic (exact) mass is 357 g/mol. The van der Waals surface area contributed by atoms with Crippen LogP contribution in [-0.4, -0.2) is 31.7 Å². The third kappa shape index (κ3) is 5.92. The van der Waals surface area contributed by atoms with Crippen molar-refractivity contribution in [3.63, 3.8) is 0 Å². The molecule has 1 aromatic rings. The lowest BCUT2D eigenvalue weighted by atomic mass is 10.1. The average molecular weight is 358 g/mol. The standard InChI is InChI=1S/C19H35NO3S/c1-8-19(7,9-2)24-15-12-16(21)20(17(15)22)13-18(5,6)23-11-10-14(3)4/h12,14,21-22H,8-11,13H2,1-7H3. The van der Waals surface area contributed by atoms with Crippen LogP contribution in [0.2, 0.25) is 0 Å². The number of nitrogens with zero attached hydrogens (tertiary/aromatic N) is 1. The molecule has 5 heteroatoms. The molecule has 0 aromatic carbocycles. The van der Waals surface area contributed by atoms with Gasteiger partial charge in [0.2, 0.25) is 5.88 Å². The SMILES string of the molecule is CCC(C)(CC)Sc1cc(O)n(CC(C)(C)OCCC(C)C)c1O. The van der Waals surface area contributed by atoms with E-state index in [9.17, 15) is 10.2 Å². The molecule has 0 aliphatic heterocycles. The maximum atomic E-state index is 10.6. The Morgan fingerprint density at radius 2 is 1.75 bits per heavy atom. The Kier molecular flexibility index (Phi) is 7.54. The first-order chi connectivity index (χ1) is 11.0. The molecular weight excluding hydrogens is 322 g/mol. The first-order valence-electron chi connectivity index (χ1n) is 8.98. The minimum atomic E-state index is -0.455. The molecule has 0 unspecified atom stereocenters. The van der Waals surface area contributed by atoms with Crippen LogP contribution >= 0.6 is 11.8 Å². The average Bonchev–Trinajstić information content (AvgIpc) is 2.73. The molecule has 0 radical (unpaired) electrons. The zero-order valence-corrected chi connectivity index (χ0v) is 17.2. The highest BCUT2D eigenvalue weighted by Gasteiger charge is 2.28. The van der Waals surface area contributed by atoms with E-state index in [2.05, 4.69) is 34.6 Å². The van der Waals surface area contributed by atoms with E-state index in [4.69, 9.17) is 4.74 Å². The third-order valence-corrected chi connectivity index (χ3v) is 6.18. The van der Waals surface area contributed by atoms with Gasteiger partial charge < -0.3 is 14.9 Å². The van der Waals surface area contributed by atoms with Crippen LogP contribution in [0, 0.1) is 5.92 Å². The molecule has 0 saturated carbocycles. The summed E-state index contributed by atoms with van der Waals surface area (Å²) >= 11 is 1.63. The largest absolute Gasteiger partial charge is 0.494 e. The van der Waals surface area contributed by atoms with E-state index >= 15 is 0 Å². The van der Waals surface area contributed by atoms with Crippen LogP contribution in [0.15, 0.2) is 11.0 Å². The molecular formula is C19H35NO3S. The maximum Gasteiger partial charge on any atom is 0.208 e. The fourth-order valence-electron chi connectivity index (χ4n) is 2.39. The lowest BCUT2D eigenvalue weighted by Gasteiger charge is -2.27. The van der Waals surface area contributed by atoms with E-state index in [1.54, 1.807) is 22.4 Å². The smallest absolute Gasteiger partial charge is 0.208 e. The summed E-state index contributed by atoms with van der Waals surface area (Å²) in [5.41, 5.74) is -0.455. The fraction of sp³-hybridized carbons (Fsp3) is 0.789. The Hall–Kier alpha value is -0.810. The summed E-state index contributed by atoms with van der Waals surface area (Å²) in [5, 5.41) is 20.8. The molecule has 0 spiro atoms. The van der Waals surface area contributed by atoms with Gasteiger partial charge in [-0.3, -0.25) is 4.57 Å². The lowest BCUT2D eigenvalue weighted by molar-refractivity contribution is -0.0357. The first-order valence-corrected chi connectivity index (χ1v) is 9.79. The topological polar surface area (TPSA) is 54.6 Å². The second-order valence-corrected chi connectivity index (χ2v) is 9.46. The van der Waals surface area contributed by atoms with Crippen LogP contribution in [0.25, 0.3) is 0 Å². The predicted molar refractivity (Wildman–Crippen MR) is 102 cm³/mol. The van der Waals surface area contributed by atoms with Crippen molar-refractivity contribution in [1.82, 2.24) is 4.57 Å². The molecule has 0 fully saturated rings. The Morgan fingerprint density at radius 3 is 2.25 bits per heavy atom. The number of hydrogen-bond donors (Lipinski definition) is 2. The predicted octanol–water partition coefficient (Wildman–Crippen LogP) is 5.41. The highest BCUT2D eigenvalue weighted by molar-refractivity contribution is 8.00. The molecule has 4 nitrogen and oxygen atoms in total. The van der Waals surface area contributed by atoms with Gasteiger partial charge in [0.15, 0.2) is 5.88 Å². The second kappa shape index (κ2) is 8.52. The number of aromatic hydroxyl groups is 2. The van der Waals surface area contributed by atoms with Crippen molar-refractivity contribution in [2.75, 3.05) is 6.61 Å². The Morgan fingerprint density at radius 1 is 1.17 bits per heavy atom. The van der Waals surface area contributed by atoms with Crippen LogP contribution in [0.1, 0.15) is 67.7 Å². The summed E-state index contributed by atoms with van der Waals surface area (Å²) < 4.78 is 7.56. The highest BCUT2D eigenvalue weighted by Crippen LogP contribution is 2.45. The summed E-state index contributed by atoms with van der Waals surface area (Å²) in [6.07, 6.45) is 3.01. The van der Waals surface area contributed by atoms with Gasteiger partial charge in [-0.15, -0.1) is 11.8 Å². The molecule has 1 heterocycles. The van der Waals surface area contributed by atoms with Gasteiger partial charge in [0, 0.05) is 17.4 Å². The molecule has 2 N–H and O–H groups in total. The van der Waals surface area contributed by atoms with Gasteiger partial charge in [0.05, 0.1) is 17.0 Å². The molecule has 0 amide bonds. The Balaban J connectivity index is 2.86. The summed E-state index contributed by atoms with van der Waals surface area (Å²) in [6, 6.07) is 1.66. The van der Waals surface area contributed by atoms with Crippen molar-refractivity contribution < 1.29 is 14.9 Å². The fourth-order valence-corrected chi connectivity index (χ4v) is 3.57. The van der Waals surface area contributed by atoms with Gasteiger partial charge in [0.1, 0.15) is 0 Å². The zero-order valence-electron chi connectivity index (χ0n) is 16.3. The quantitative estimate of drug-likeness (QED) is 0.550. The molecule has 0 saturated heterocycles. The summed E-state index contributed by atoms with van der Waals surface area (Å²) in [6.45, 7) is 15.9. The van der Waals surface area contributed by atoms with Crippen molar-refractivity contribution in [2.45, 2.75) is 89.5 Å². The maximum absolute atomic E-state index is 10.6. The van der Waals surface area contributed by atoms with E-state index in [1.807, 2.05) is 13.8 Å². The first kappa shape index (κ1) is 21.2. The normalized spacial score (nSPS) is 13.0. The Bertz CT molecular complexity index is 519. The minimum Gasteiger partial charge on any atom is -0.494 e. The van der Waals surface area contributed by atoms with E-state index in [1.165, 1.54) is 0 Å². The molecule has 140 valence electrons. The van der Waals surface area contributed by atoms with Crippen LogP contribution in [0.5, 0.6) is 11.8 Å². The molecule has 0 atom stereocenters. The van der Waals surface area contributed by atoms with Crippen LogP contribution in [0.3, 0.4) is 0 Å². The molecule has 1 aromatic heterocycles. The second-order valence-electron chi connectivity index (χ2n) is 7.83. The van der Waals surface area contributed by atoms with Gasteiger partial charge in [0.25, 0.3) is 0 Å². The number of ether oxygens (including phenoxy) is 1. The van der Waals surface area contributed by atoms with Crippen molar-refractivity contribution >= 4 is 11.8 Å². The molecule has 0 aliphatic rings. The van der Waals surface area contributed by atoms with Gasteiger partial charge in [-0.25, -0.2) is 0 Å². The molecule has 24 heavy (non-hydrogen) atoms. The molecule has 0 aliphatic carbocycles. The summed E-state index contributed by atoms with van der Waals surface area (Å²) in [7, 11) is 0. The van der Waals surface area contributed by atoms with E-state index < -0.39 is 5.60 Å². The van der Waals surface area contributed by atoms with Crippen molar-refractivity contribution in [2.24, 2.45) is 5.92 Å². The van der Waals surface area contributed by atoms with Crippen molar-refractivity contribution in [3.8, 4) is 11.8 Å². The van der Waals surface area contributed by atoms with Gasteiger partial charge in [-0.05, 0) is 39.0 Å². The highest BCUT2D eigenvalue weighted by atomic mass is 32.2. The number of aromatic nitrogens is 1. The summed E-state index contributed by atoms with van der Waals surface area (Å²) in [4.78, 5) is 0.733. The van der Waals surface area contributed by atoms with Crippen molar-refractivity contribution in [3.05, 3.63) is 6.07 Å². The summed E-state index contributed by atoms with van der Waals surface area (Å²) in [5.74, 6) is 0.814. The van der Waals surface area contributed by atoms with Crippen molar-refractivity contribution in [1.29, 1.82) is 0 Å². The number of hydrogen-bond acceptors (Lipinski definition) is 4. The number of thioether (sulfide) groups is 1. The number of rotatable bonds is 10. The Labute approximate surface area is 151 Å². The van der Waals surface area contributed by atoms with E-state index in [0.29, 0.717) is 19.1 Å². The van der Waals surface area contributed by atoms with Crippen LogP contribution < -0.4 is 0 Å². The lowest BCUT2D eigenvalue weighted by Crippen LogP contribution is -2.31. The molecule has 1 rings (SSSR count).